The zero-order valence-corrected chi connectivity index (χ0v) is 14.0. The van der Waals surface area contributed by atoms with Crippen molar-refractivity contribution < 1.29 is 8.42 Å². The Morgan fingerprint density at radius 3 is 1.76 bits per heavy atom. The minimum atomic E-state index is -3.05. The molecule has 90 valence electrons. The van der Waals surface area contributed by atoms with Crippen molar-refractivity contribution in [2.24, 2.45) is 0 Å². The SMILES string of the molecule is O=S1(=O)Cc2cc(Br)sc2-c2sc(Br)cc2C1. The van der Waals surface area contributed by atoms with Crippen molar-refractivity contribution >= 4 is 64.4 Å². The van der Waals surface area contributed by atoms with Crippen LogP contribution in [0.3, 0.4) is 0 Å². The van der Waals surface area contributed by atoms with Crippen molar-refractivity contribution in [1.82, 2.24) is 0 Å². The van der Waals surface area contributed by atoms with Gasteiger partial charge in [0.2, 0.25) is 0 Å². The molecule has 2 aromatic heterocycles. The van der Waals surface area contributed by atoms with E-state index >= 15 is 0 Å². The summed E-state index contributed by atoms with van der Waals surface area (Å²) in [6.07, 6.45) is 0. The van der Waals surface area contributed by atoms with Gasteiger partial charge in [-0.05, 0) is 55.1 Å². The molecule has 7 heteroatoms. The van der Waals surface area contributed by atoms with Crippen LogP contribution >= 0.6 is 54.5 Å². The highest BCUT2D eigenvalue weighted by Crippen LogP contribution is 2.46. The number of hydrogen-bond acceptors (Lipinski definition) is 4. The molecule has 0 saturated carbocycles. The summed E-state index contributed by atoms with van der Waals surface area (Å²) < 4.78 is 25.9. The average molecular weight is 414 g/mol. The topological polar surface area (TPSA) is 34.1 Å². The van der Waals surface area contributed by atoms with Gasteiger partial charge in [-0.15, -0.1) is 22.7 Å². The van der Waals surface area contributed by atoms with Crippen LogP contribution in [0.15, 0.2) is 19.7 Å². The fourth-order valence-corrected chi connectivity index (χ4v) is 7.14. The normalized spacial score (nSPS) is 17.3. The van der Waals surface area contributed by atoms with Crippen molar-refractivity contribution in [2.75, 3.05) is 0 Å². The van der Waals surface area contributed by atoms with Crippen LogP contribution in [0.2, 0.25) is 0 Å². The van der Waals surface area contributed by atoms with Gasteiger partial charge in [-0.3, -0.25) is 0 Å². The van der Waals surface area contributed by atoms with Crippen LogP contribution in [0, 0.1) is 0 Å². The first-order chi connectivity index (χ1) is 7.94. The van der Waals surface area contributed by atoms with E-state index in [1.54, 1.807) is 22.7 Å². The molecule has 3 heterocycles. The minimum Gasteiger partial charge on any atom is -0.228 e. The van der Waals surface area contributed by atoms with E-state index in [4.69, 9.17) is 0 Å². The average Bonchev–Trinajstić information content (AvgIpc) is 2.66. The van der Waals surface area contributed by atoms with Crippen LogP contribution in [-0.2, 0) is 21.3 Å². The van der Waals surface area contributed by atoms with Crippen LogP contribution in [0.1, 0.15) is 11.1 Å². The monoisotopic (exact) mass is 412 g/mol. The standard InChI is InChI=1S/C10H6Br2O2S3/c11-7-1-5-3-17(13,14)4-6-2-8(12)16-10(6)9(5)15-7/h1-2H,3-4H2. The molecule has 0 atom stereocenters. The second-order valence-corrected chi connectivity index (χ2v) is 10.8. The van der Waals surface area contributed by atoms with Crippen LogP contribution in [0.4, 0.5) is 0 Å². The van der Waals surface area contributed by atoms with Crippen LogP contribution < -0.4 is 0 Å². The second kappa shape index (κ2) is 4.16. The van der Waals surface area contributed by atoms with Gasteiger partial charge in [-0.2, -0.15) is 0 Å². The van der Waals surface area contributed by atoms with Gasteiger partial charge in [0.25, 0.3) is 0 Å². The lowest BCUT2D eigenvalue weighted by Gasteiger charge is -1.97. The summed E-state index contributed by atoms with van der Waals surface area (Å²) in [7, 11) is -3.05. The Morgan fingerprint density at radius 2 is 1.35 bits per heavy atom. The third kappa shape index (κ3) is 2.28. The van der Waals surface area contributed by atoms with Crippen LogP contribution in [0.25, 0.3) is 9.75 Å². The summed E-state index contributed by atoms with van der Waals surface area (Å²) in [6, 6.07) is 3.83. The molecule has 0 amide bonds. The molecule has 0 fully saturated rings. The maximum atomic E-state index is 12.0. The van der Waals surface area contributed by atoms with E-state index in [-0.39, 0.29) is 11.5 Å². The number of thiophene rings is 2. The lowest BCUT2D eigenvalue weighted by Crippen LogP contribution is -2.04. The Labute approximate surface area is 124 Å². The first-order valence-corrected chi connectivity index (χ1v) is 9.76. The number of hydrogen-bond donors (Lipinski definition) is 0. The smallest absolute Gasteiger partial charge is 0.158 e. The van der Waals surface area contributed by atoms with Gasteiger partial charge in [0.05, 0.1) is 28.8 Å². The second-order valence-electron chi connectivity index (χ2n) is 3.84. The maximum absolute atomic E-state index is 12.0. The fraction of sp³-hybridized carbons (Fsp3) is 0.200. The molecule has 0 N–H and O–H groups in total. The Bertz CT molecular complexity index is 643. The highest BCUT2D eigenvalue weighted by atomic mass is 79.9. The van der Waals surface area contributed by atoms with E-state index in [2.05, 4.69) is 31.9 Å². The van der Waals surface area contributed by atoms with Crippen molar-refractivity contribution in [2.45, 2.75) is 11.5 Å². The minimum absolute atomic E-state index is 0.142. The first-order valence-electron chi connectivity index (χ1n) is 4.72. The molecule has 2 nitrogen and oxygen atoms in total. The summed E-state index contributed by atoms with van der Waals surface area (Å²) in [5.74, 6) is 0.285. The number of rotatable bonds is 0. The zero-order valence-electron chi connectivity index (χ0n) is 8.37. The largest absolute Gasteiger partial charge is 0.228 e. The molecule has 0 saturated heterocycles. The number of halogens is 2. The van der Waals surface area contributed by atoms with E-state index in [1.807, 2.05) is 12.1 Å². The van der Waals surface area contributed by atoms with Gasteiger partial charge in [-0.25, -0.2) is 8.42 Å². The van der Waals surface area contributed by atoms with Gasteiger partial charge in [0.1, 0.15) is 0 Å². The first kappa shape index (κ1) is 12.3. The highest BCUT2D eigenvalue weighted by molar-refractivity contribution is 9.11. The quantitative estimate of drug-likeness (QED) is 0.640. The van der Waals surface area contributed by atoms with Crippen molar-refractivity contribution in [1.29, 1.82) is 0 Å². The Hall–Kier alpha value is 0.310. The fourth-order valence-electron chi connectivity index (χ4n) is 1.91. The van der Waals surface area contributed by atoms with E-state index < -0.39 is 9.84 Å². The highest BCUT2D eigenvalue weighted by Gasteiger charge is 2.27. The summed E-state index contributed by atoms with van der Waals surface area (Å²) in [6.45, 7) is 0. The number of fused-ring (bicyclic) bond motifs is 3. The van der Waals surface area contributed by atoms with E-state index in [9.17, 15) is 8.42 Å². The predicted molar refractivity (Wildman–Crippen MR) is 79.4 cm³/mol. The molecular weight excluding hydrogens is 408 g/mol. The van der Waals surface area contributed by atoms with E-state index in [0.717, 1.165) is 28.5 Å². The summed E-state index contributed by atoms with van der Waals surface area (Å²) in [4.78, 5) is 2.17. The molecule has 0 spiro atoms. The van der Waals surface area contributed by atoms with Crippen LogP contribution in [-0.4, -0.2) is 8.42 Å². The Kier molecular flexibility index (Phi) is 3.02. The molecule has 3 rings (SSSR count). The van der Waals surface area contributed by atoms with Gasteiger partial charge in [0, 0.05) is 0 Å². The van der Waals surface area contributed by atoms with Gasteiger partial charge < -0.3 is 0 Å². The molecule has 0 bridgehead atoms. The molecule has 17 heavy (non-hydrogen) atoms. The molecular formula is C10H6Br2O2S3. The molecule has 1 aliphatic heterocycles. The van der Waals surface area contributed by atoms with Gasteiger partial charge in [-0.1, -0.05) is 0 Å². The van der Waals surface area contributed by atoms with Crippen molar-refractivity contribution in [3.05, 3.63) is 30.8 Å². The van der Waals surface area contributed by atoms with E-state index in [1.165, 1.54) is 0 Å². The third-order valence-corrected chi connectivity index (χ3v) is 7.54. The third-order valence-electron chi connectivity index (χ3n) is 2.51. The summed E-state index contributed by atoms with van der Waals surface area (Å²) in [5.41, 5.74) is 1.82. The van der Waals surface area contributed by atoms with Crippen molar-refractivity contribution in [3.8, 4) is 9.75 Å². The van der Waals surface area contributed by atoms with Gasteiger partial charge in [0.15, 0.2) is 9.84 Å². The van der Waals surface area contributed by atoms with Gasteiger partial charge >= 0.3 is 0 Å². The Balaban J connectivity index is 2.34. The number of sulfone groups is 1. The molecule has 1 aliphatic rings. The van der Waals surface area contributed by atoms with Crippen molar-refractivity contribution in [3.63, 3.8) is 0 Å². The Morgan fingerprint density at radius 1 is 0.941 bits per heavy atom. The molecule has 0 aliphatic carbocycles. The molecule has 2 aromatic rings. The molecule has 0 unspecified atom stereocenters. The predicted octanol–water partition coefficient (Wildman–Crippen LogP) is 4.43. The summed E-state index contributed by atoms with van der Waals surface area (Å²) in [5, 5.41) is 0. The maximum Gasteiger partial charge on any atom is 0.158 e. The zero-order chi connectivity index (χ0) is 12.2. The lowest BCUT2D eigenvalue weighted by molar-refractivity contribution is 0.595. The summed E-state index contributed by atoms with van der Waals surface area (Å²) >= 11 is 10.1. The van der Waals surface area contributed by atoms with Crippen LogP contribution in [0.5, 0.6) is 0 Å². The van der Waals surface area contributed by atoms with E-state index in [0.29, 0.717) is 0 Å². The molecule has 0 aromatic carbocycles. The molecule has 0 radical (unpaired) electrons. The lowest BCUT2D eigenvalue weighted by atomic mass is 10.2.